The summed E-state index contributed by atoms with van der Waals surface area (Å²) in [5, 5.41) is 19.3. The van der Waals surface area contributed by atoms with Gasteiger partial charge < -0.3 is 31.2 Å². The maximum absolute atomic E-state index is 10.1. The predicted molar refractivity (Wildman–Crippen MR) is 71.9 cm³/mol. The van der Waals surface area contributed by atoms with E-state index in [-0.39, 0.29) is 18.4 Å². The lowest BCUT2D eigenvalue weighted by Crippen LogP contribution is -2.34. The molecule has 10 nitrogen and oxygen atoms in total. The first-order valence-electron chi connectivity index (χ1n) is 6.29. The number of nitrogen functional groups attached to an aromatic ring is 2. The molecule has 2 aromatic heterocycles. The Morgan fingerprint density at radius 2 is 2.19 bits per heavy atom. The minimum absolute atomic E-state index is 0.00738. The Morgan fingerprint density at radius 1 is 1.43 bits per heavy atom. The molecule has 4 atom stereocenters. The van der Waals surface area contributed by atoms with Crippen molar-refractivity contribution in [1.82, 2.24) is 19.5 Å². The number of nitrogens with two attached hydrogens (primary N) is 2. The van der Waals surface area contributed by atoms with Gasteiger partial charge in [0.05, 0.1) is 12.9 Å². The zero-order valence-electron chi connectivity index (χ0n) is 11.2. The number of anilines is 2. The van der Waals surface area contributed by atoms with Crippen LogP contribution in [0.4, 0.5) is 11.8 Å². The van der Waals surface area contributed by atoms with Gasteiger partial charge in [-0.05, 0) is 0 Å². The lowest BCUT2D eigenvalue weighted by Gasteiger charge is -2.19. The molecule has 21 heavy (non-hydrogen) atoms. The van der Waals surface area contributed by atoms with E-state index in [1.54, 1.807) is 4.57 Å². The minimum atomic E-state index is -0.973. The third kappa shape index (κ3) is 2.08. The highest BCUT2D eigenvalue weighted by Gasteiger charge is 2.45. The summed E-state index contributed by atoms with van der Waals surface area (Å²) < 4.78 is 12.4. The van der Waals surface area contributed by atoms with Crippen LogP contribution in [0, 0.1) is 0 Å². The molecule has 2 aromatic rings. The van der Waals surface area contributed by atoms with Crippen LogP contribution in [-0.2, 0) is 9.47 Å². The van der Waals surface area contributed by atoms with Gasteiger partial charge in [0, 0.05) is 7.11 Å². The van der Waals surface area contributed by atoms with E-state index in [0.29, 0.717) is 11.2 Å². The smallest absolute Gasteiger partial charge is 0.224 e. The van der Waals surface area contributed by atoms with E-state index in [2.05, 4.69) is 15.0 Å². The monoisotopic (exact) mass is 296 g/mol. The van der Waals surface area contributed by atoms with Crippen LogP contribution in [0.1, 0.15) is 6.23 Å². The Labute approximate surface area is 119 Å². The van der Waals surface area contributed by atoms with Gasteiger partial charge in [-0.3, -0.25) is 4.57 Å². The molecule has 10 heteroatoms. The summed E-state index contributed by atoms with van der Waals surface area (Å²) in [7, 11) is 1.45. The number of rotatable bonds is 3. The summed E-state index contributed by atoms with van der Waals surface area (Å²) >= 11 is 0. The molecule has 0 spiro atoms. The van der Waals surface area contributed by atoms with Crippen LogP contribution < -0.4 is 11.5 Å². The second kappa shape index (κ2) is 5.07. The van der Waals surface area contributed by atoms with Gasteiger partial charge in [0.25, 0.3) is 0 Å². The van der Waals surface area contributed by atoms with Gasteiger partial charge in [-0.25, -0.2) is 4.98 Å². The van der Waals surface area contributed by atoms with Gasteiger partial charge >= 0.3 is 0 Å². The first-order chi connectivity index (χ1) is 10.1. The molecule has 1 aliphatic heterocycles. The predicted octanol–water partition coefficient (Wildman–Crippen LogP) is -1.74. The molecule has 0 aliphatic carbocycles. The van der Waals surface area contributed by atoms with Crippen LogP contribution in [0.2, 0.25) is 0 Å². The van der Waals surface area contributed by atoms with Crippen LogP contribution in [0.3, 0.4) is 0 Å². The van der Waals surface area contributed by atoms with Crippen LogP contribution in [0.5, 0.6) is 0 Å². The topological polar surface area (TPSA) is 155 Å². The van der Waals surface area contributed by atoms with Gasteiger partial charge in [-0.15, -0.1) is 0 Å². The summed E-state index contributed by atoms with van der Waals surface area (Å²) in [5.41, 5.74) is 12.1. The largest absolute Gasteiger partial charge is 0.394 e. The number of aromatic nitrogens is 4. The van der Waals surface area contributed by atoms with Crippen molar-refractivity contribution in [2.45, 2.75) is 24.5 Å². The number of nitrogens with zero attached hydrogens (tertiary/aromatic N) is 4. The van der Waals surface area contributed by atoms with E-state index in [1.807, 2.05) is 0 Å². The SMILES string of the molecule is CO[C@@H]1[C@@H](O)[C@@H](CO)O[C@H]1n1cnc2c(N)nc(N)nc21. The summed E-state index contributed by atoms with van der Waals surface area (Å²) in [6.45, 7) is -0.330. The fourth-order valence-corrected chi connectivity index (χ4v) is 2.49. The maximum Gasteiger partial charge on any atom is 0.224 e. The summed E-state index contributed by atoms with van der Waals surface area (Å²) in [6, 6.07) is 0. The second-order valence-corrected chi connectivity index (χ2v) is 4.73. The Morgan fingerprint density at radius 3 is 2.86 bits per heavy atom. The van der Waals surface area contributed by atoms with Crippen molar-refractivity contribution in [3.05, 3.63) is 6.33 Å². The number of ether oxygens (including phenoxy) is 2. The summed E-state index contributed by atoms with van der Waals surface area (Å²) in [4.78, 5) is 12.1. The van der Waals surface area contributed by atoms with Crippen molar-refractivity contribution in [1.29, 1.82) is 0 Å². The van der Waals surface area contributed by atoms with E-state index in [0.717, 1.165) is 0 Å². The van der Waals surface area contributed by atoms with Gasteiger partial charge in [-0.2, -0.15) is 9.97 Å². The van der Waals surface area contributed by atoms with Crippen molar-refractivity contribution < 1.29 is 19.7 Å². The van der Waals surface area contributed by atoms with E-state index in [4.69, 9.17) is 20.9 Å². The first kappa shape index (κ1) is 13.9. The van der Waals surface area contributed by atoms with Crippen molar-refractivity contribution in [2.24, 2.45) is 0 Å². The molecule has 3 heterocycles. The second-order valence-electron chi connectivity index (χ2n) is 4.73. The Hall–Kier alpha value is -2.01. The Kier molecular flexibility index (Phi) is 3.37. The third-order valence-electron chi connectivity index (χ3n) is 3.50. The molecular weight excluding hydrogens is 280 g/mol. The lowest BCUT2D eigenvalue weighted by atomic mass is 10.1. The molecule has 0 amide bonds. The normalized spacial score (nSPS) is 29.3. The molecule has 0 bridgehead atoms. The van der Waals surface area contributed by atoms with Crippen molar-refractivity contribution >= 4 is 22.9 Å². The van der Waals surface area contributed by atoms with Crippen LogP contribution >= 0.6 is 0 Å². The number of aliphatic hydroxyl groups excluding tert-OH is 2. The number of hydrogen-bond acceptors (Lipinski definition) is 9. The number of methoxy groups -OCH3 is 1. The number of imidazole rings is 1. The van der Waals surface area contributed by atoms with Gasteiger partial charge in [0.2, 0.25) is 5.95 Å². The van der Waals surface area contributed by atoms with E-state index in [1.165, 1.54) is 13.4 Å². The van der Waals surface area contributed by atoms with Crippen LogP contribution in [0.15, 0.2) is 6.33 Å². The highest BCUT2D eigenvalue weighted by molar-refractivity contribution is 5.82. The summed E-state index contributed by atoms with van der Waals surface area (Å²) in [6.07, 6.45) is -1.66. The van der Waals surface area contributed by atoms with Crippen molar-refractivity contribution in [3.63, 3.8) is 0 Å². The van der Waals surface area contributed by atoms with Crippen molar-refractivity contribution in [3.8, 4) is 0 Å². The highest BCUT2D eigenvalue weighted by atomic mass is 16.6. The van der Waals surface area contributed by atoms with Gasteiger partial charge in [-0.1, -0.05) is 0 Å². The number of fused-ring (bicyclic) bond motifs is 1. The quantitative estimate of drug-likeness (QED) is 0.516. The standard InChI is InChI=1S/C11H16N6O4/c1-20-7-6(19)4(2-18)21-10(7)17-3-14-5-8(12)15-11(13)16-9(5)17/h3-4,6-7,10,18-19H,2H2,1H3,(H4,12,13,15,16)/t4-,6+,7-,10-/m1/s1. The number of aliphatic hydroxyl groups is 2. The molecule has 1 aliphatic rings. The molecule has 0 aromatic carbocycles. The molecule has 0 saturated carbocycles. The molecule has 3 rings (SSSR count). The lowest BCUT2D eigenvalue weighted by molar-refractivity contribution is -0.0583. The molecular formula is C11H16N6O4. The van der Waals surface area contributed by atoms with Crippen LogP contribution in [-0.4, -0.2) is 61.8 Å². The van der Waals surface area contributed by atoms with E-state index >= 15 is 0 Å². The minimum Gasteiger partial charge on any atom is -0.394 e. The molecule has 0 radical (unpaired) electrons. The maximum atomic E-state index is 10.1. The fraction of sp³-hybridized carbons (Fsp3) is 0.545. The summed E-state index contributed by atoms with van der Waals surface area (Å²) in [5.74, 6) is 0.162. The highest BCUT2D eigenvalue weighted by Crippen LogP contribution is 2.33. The zero-order valence-corrected chi connectivity index (χ0v) is 11.2. The molecule has 1 saturated heterocycles. The van der Waals surface area contributed by atoms with Crippen LogP contribution in [0.25, 0.3) is 11.2 Å². The van der Waals surface area contributed by atoms with E-state index < -0.39 is 24.5 Å². The average Bonchev–Trinajstić information content (AvgIpc) is 2.99. The molecule has 1 fully saturated rings. The fourth-order valence-electron chi connectivity index (χ4n) is 2.49. The molecule has 6 N–H and O–H groups in total. The number of hydrogen-bond donors (Lipinski definition) is 4. The molecule has 114 valence electrons. The Balaban J connectivity index is 2.08. The first-order valence-corrected chi connectivity index (χ1v) is 6.29. The Bertz CT molecular complexity index is 661. The third-order valence-corrected chi connectivity index (χ3v) is 3.50. The van der Waals surface area contributed by atoms with E-state index in [9.17, 15) is 10.2 Å². The molecule has 0 unspecified atom stereocenters. The average molecular weight is 296 g/mol. The van der Waals surface area contributed by atoms with Gasteiger partial charge in [0.15, 0.2) is 17.7 Å². The van der Waals surface area contributed by atoms with Crippen molar-refractivity contribution in [2.75, 3.05) is 25.2 Å². The van der Waals surface area contributed by atoms with Gasteiger partial charge in [0.1, 0.15) is 23.8 Å². The zero-order chi connectivity index (χ0) is 15.1.